The molecule has 0 amide bonds. The second-order valence-electron chi connectivity index (χ2n) is 5.11. The first kappa shape index (κ1) is 13.5. The summed E-state index contributed by atoms with van der Waals surface area (Å²) in [6.45, 7) is 3.50. The second kappa shape index (κ2) is 6.88. The molecule has 1 aromatic carbocycles. The SMILES string of the molecule is CNCc1cccc(COCCN(C)C2CC2)c1. The Morgan fingerprint density at radius 1 is 1.33 bits per heavy atom. The molecule has 0 radical (unpaired) electrons. The largest absolute Gasteiger partial charge is 0.375 e. The Bertz CT molecular complexity index is 363. The third-order valence-electron chi connectivity index (χ3n) is 3.40. The van der Waals surface area contributed by atoms with Crippen molar-refractivity contribution in [2.24, 2.45) is 0 Å². The van der Waals surface area contributed by atoms with Gasteiger partial charge in [-0.15, -0.1) is 0 Å². The summed E-state index contributed by atoms with van der Waals surface area (Å²) in [4.78, 5) is 2.40. The van der Waals surface area contributed by atoms with Crippen molar-refractivity contribution in [1.82, 2.24) is 10.2 Å². The van der Waals surface area contributed by atoms with E-state index < -0.39 is 0 Å². The maximum absolute atomic E-state index is 5.74. The van der Waals surface area contributed by atoms with Gasteiger partial charge < -0.3 is 15.0 Å². The number of rotatable bonds is 8. The van der Waals surface area contributed by atoms with Gasteiger partial charge in [-0.1, -0.05) is 24.3 Å². The number of likely N-dealkylation sites (N-methyl/N-ethyl adjacent to an activating group) is 1. The predicted molar refractivity (Wildman–Crippen MR) is 74.5 cm³/mol. The standard InChI is InChI=1S/C15H24N2O/c1-16-11-13-4-3-5-14(10-13)12-18-9-8-17(2)15-6-7-15/h3-5,10,15-16H,6-9,11-12H2,1-2H3. The first-order valence-corrected chi connectivity index (χ1v) is 6.80. The van der Waals surface area contributed by atoms with Gasteiger partial charge in [-0.2, -0.15) is 0 Å². The summed E-state index contributed by atoms with van der Waals surface area (Å²) in [5.41, 5.74) is 2.57. The van der Waals surface area contributed by atoms with Crippen LogP contribution in [-0.2, 0) is 17.9 Å². The molecule has 0 unspecified atom stereocenters. The molecule has 1 aliphatic rings. The monoisotopic (exact) mass is 248 g/mol. The van der Waals surface area contributed by atoms with Crippen LogP contribution in [0, 0.1) is 0 Å². The minimum atomic E-state index is 0.718. The van der Waals surface area contributed by atoms with Gasteiger partial charge in [0.15, 0.2) is 0 Å². The summed E-state index contributed by atoms with van der Waals surface area (Å²) in [6, 6.07) is 9.40. The van der Waals surface area contributed by atoms with Crippen molar-refractivity contribution in [2.45, 2.75) is 32.0 Å². The van der Waals surface area contributed by atoms with E-state index in [0.29, 0.717) is 0 Å². The van der Waals surface area contributed by atoms with Crippen LogP contribution in [-0.4, -0.2) is 38.2 Å². The van der Waals surface area contributed by atoms with Gasteiger partial charge in [-0.25, -0.2) is 0 Å². The highest BCUT2D eigenvalue weighted by Gasteiger charge is 2.25. The molecule has 1 fully saturated rings. The highest BCUT2D eigenvalue weighted by Crippen LogP contribution is 2.24. The van der Waals surface area contributed by atoms with Crippen LogP contribution >= 0.6 is 0 Å². The van der Waals surface area contributed by atoms with E-state index >= 15 is 0 Å². The second-order valence-corrected chi connectivity index (χ2v) is 5.11. The number of nitrogens with one attached hydrogen (secondary N) is 1. The Morgan fingerprint density at radius 2 is 2.11 bits per heavy atom. The highest BCUT2D eigenvalue weighted by molar-refractivity contribution is 5.22. The molecular formula is C15H24N2O. The smallest absolute Gasteiger partial charge is 0.0717 e. The van der Waals surface area contributed by atoms with Gasteiger partial charge in [-0.05, 0) is 38.1 Å². The number of ether oxygens (including phenoxy) is 1. The van der Waals surface area contributed by atoms with Crippen LogP contribution in [0.3, 0.4) is 0 Å². The van der Waals surface area contributed by atoms with Gasteiger partial charge in [0.2, 0.25) is 0 Å². The van der Waals surface area contributed by atoms with Crippen LogP contribution in [0.15, 0.2) is 24.3 Å². The molecule has 3 nitrogen and oxygen atoms in total. The number of benzene rings is 1. The average molecular weight is 248 g/mol. The summed E-state index contributed by atoms with van der Waals surface area (Å²) < 4.78 is 5.74. The van der Waals surface area contributed by atoms with Crippen molar-refractivity contribution in [3.63, 3.8) is 0 Å². The van der Waals surface area contributed by atoms with E-state index in [1.807, 2.05) is 7.05 Å². The highest BCUT2D eigenvalue weighted by atomic mass is 16.5. The van der Waals surface area contributed by atoms with Crippen molar-refractivity contribution in [3.05, 3.63) is 35.4 Å². The van der Waals surface area contributed by atoms with E-state index in [1.54, 1.807) is 0 Å². The van der Waals surface area contributed by atoms with E-state index in [4.69, 9.17) is 4.74 Å². The quantitative estimate of drug-likeness (QED) is 0.712. The van der Waals surface area contributed by atoms with Crippen LogP contribution < -0.4 is 5.32 Å². The molecule has 1 aliphatic carbocycles. The molecule has 0 saturated heterocycles. The van der Waals surface area contributed by atoms with Gasteiger partial charge in [0.1, 0.15) is 0 Å². The predicted octanol–water partition coefficient (Wildman–Crippen LogP) is 2.02. The van der Waals surface area contributed by atoms with Crippen molar-refractivity contribution in [2.75, 3.05) is 27.2 Å². The molecular weight excluding hydrogens is 224 g/mol. The van der Waals surface area contributed by atoms with E-state index in [2.05, 4.69) is 41.5 Å². The van der Waals surface area contributed by atoms with Crippen molar-refractivity contribution >= 4 is 0 Å². The van der Waals surface area contributed by atoms with Gasteiger partial charge in [0.05, 0.1) is 13.2 Å². The molecule has 0 bridgehead atoms. The summed E-state index contributed by atoms with van der Waals surface area (Å²) in [5, 5.41) is 3.17. The lowest BCUT2D eigenvalue weighted by atomic mass is 10.1. The minimum absolute atomic E-state index is 0.718. The van der Waals surface area contributed by atoms with Crippen molar-refractivity contribution in [1.29, 1.82) is 0 Å². The summed E-state index contributed by atoms with van der Waals surface area (Å²) in [6.07, 6.45) is 2.73. The van der Waals surface area contributed by atoms with E-state index in [0.717, 1.165) is 32.3 Å². The summed E-state index contributed by atoms with van der Waals surface area (Å²) in [5.74, 6) is 0. The maximum atomic E-state index is 5.74. The number of hydrogen-bond donors (Lipinski definition) is 1. The molecule has 0 spiro atoms. The van der Waals surface area contributed by atoms with Gasteiger partial charge in [0, 0.05) is 19.1 Å². The van der Waals surface area contributed by atoms with Gasteiger partial charge in [0.25, 0.3) is 0 Å². The fourth-order valence-electron chi connectivity index (χ4n) is 2.13. The Labute approximate surface area is 110 Å². The van der Waals surface area contributed by atoms with Crippen molar-refractivity contribution < 1.29 is 4.74 Å². The molecule has 2 rings (SSSR count). The lowest BCUT2D eigenvalue weighted by molar-refractivity contribution is 0.0978. The molecule has 3 heteroatoms. The number of nitrogens with zero attached hydrogens (tertiary/aromatic N) is 1. The first-order valence-electron chi connectivity index (χ1n) is 6.80. The zero-order valence-corrected chi connectivity index (χ0v) is 11.5. The molecule has 1 aromatic rings. The molecule has 18 heavy (non-hydrogen) atoms. The Kier molecular flexibility index (Phi) is 5.17. The minimum Gasteiger partial charge on any atom is -0.375 e. The van der Waals surface area contributed by atoms with Crippen molar-refractivity contribution in [3.8, 4) is 0 Å². The lowest BCUT2D eigenvalue weighted by Gasteiger charge is -2.15. The summed E-state index contributed by atoms with van der Waals surface area (Å²) >= 11 is 0. The number of hydrogen-bond acceptors (Lipinski definition) is 3. The van der Waals surface area contributed by atoms with E-state index in [-0.39, 0.29) is 0 Å². The zero-order valence-electron chi connectivity index (χ0n) is 11.5. The van der Waals surface area contributed by atoms with E-state index in [9.17, 15) is 0 Å². The Balaban J connectivity index is 1.67. The molecule has 0 heterocycles. The van der Waals surface area contributed by atoms with Crippen LogP contribution in [0.5, 0.6) is 0 Å². The van der Waals surface area contributed by atoms with E-state index in [1.165, 1.54) is 24.0 Å². The zero-order chi connectivity index (χ0) is 12.8. The fraction of sp³-hybridized carbons (Fsp3) is 0.600. The molecule has 0 aromatic heterocycles. The lowest BCUT2D eigenvalue weighted by Crippen LogP contribution is -2.25. The fourth-order valence-corrected chi connectivity index (χ4v) is 2.13. The average Bonchev–Trinajstić information content (AvgIpc) is 3.19. The normalized spacial score (nSPS) is 15.3. The van der Waals surface area contributed by atoms with Gasteiger partial charge >= 0.3 is 0 Å². The Morgan fingerprint density at radius 3 is 2.83 bits per heavy atom. The third kappa shape index (κ3) is 4.41. The molecule has 0 aliphatic heterocycles. The van der Waals surface area contributed by atoms with Gasteiger partial charge in [-0.3, -0.25) is 0 Å². The van der Waals surface area contributed by atoms with Crippen LogP contribution in [0.25, 0.3) is 0 Å². The molecule has 100 valence electrons. The van der Waals surface area contributed by atoms with Crippen LogP contribution in [0.1, 0.15) is 24.0 Å². The topological polar surface area (TPSA) is 24.5 Å². The van der Waals surface area contributed by atoms with Crippen LogP contribution in [0.4, 0.5) is 0 Å². The third-order valence-corrected chi connectivity index (χ3v) is 3.40. The molecule has 1 saturated carbocycles. The maximum Gasteiger partial charge on any atom is 0.0717 e. The molecule has 0 atom stereocenters. The first-order chi connectivity index (χ1) is 8.79. The Hall–Kier alpha value is -0.900. The molecule has 1 N–H and O–H groups in total. The van der Waals surface area contributed by atoms with Crippen LogP contribution in [0.2, 0.25) is 0 Å². The summed E-state index contributed by atoms with van der Waals surface area (Å²) in [7, 11) is 4.16.